The second-order valence-corrected chi connectivity index (χ2v) is 11.2. The summed E-state index contributed by atoms with van der Waals surface area (Å²) < 4.78 is 34.5. The van der Waals surface area contributed by atoms with Gasteiger partial charge < -0.3 is 20.1 Å². The average Bonchev–Trinajstić information content (AvgIpc) is 2.73. The molecular formula is C24H37N3O5S. The molecule has 0 bridgehead atoms. The lowest BCUT2D eigenvalue weighted by Gasteiger charge is -2.37. The van der Waals surface area contributed by atoms with Crippen molar-refractivity contribution < 1.29 is 23.1 Å². The van der Waals surface area contributed by atoms with E-state index < -0.39 is 22.2 Å². The molecule has 1 aliphatic heterocycles. The third kappa shape index (κ3) is 6.85. The summed E-state index contributed by atoms with van der Waals surface area (Å²) in [6.07, 6.45) is -0.469. The number of carbonyl (C=O) groups is 1. The number of likely N-dealkylation sites (N-methyl/N-ethyl adjacent to an activating group) is 1. The third-order valence-electron chi connectivity index (χ3n) is 5.38. The van der Waals surface area contributed by atoms with Crippen LogP contribution in [0, 0.1) is 23.7 Å². The van der Waals surface area contributed by atoms with E-state index in [4.69, 9.17) is 4.74 Å². The maximum Gasteiger partial charge on any atom is 0.317 e. The fourth-order valence-electron chi connectivity index (χ4n) is 3.46. The molecule has 2 N–H and O–H groups in total. The van der Waals surface area contributed by atoms with Crippen LogP contribution in [0.4, 0.5) is 4.79 Å². The molecule has 1 aromatic carbocycles. The van der Waals surface area contributed by atoms with E-state index in [2.05, 4.69) is 17.2 Å². The molecule has 0 saturated heterocycles. The van der Waals surface area contributed by atoms with Crippen molar-refractivity contribution in [2.24, 2.45) is 11.8 Å². The van der Waals surface area contributed by atoms with Gasteiger partial charge in [0.05, 0.1) is 13.2 Å². The average molecular weight is 480 g/mol. The topological polar surface area (TPSA) is 99.2 Å². The minimum absolute atomic E-state index is 0.00974. The van der Waals surface area contributed by atoms with Gasteiger partial charge in [0.1, 0.15) is 16.7 Å². The number of rotatable bonds is 5. The molecular weight excluding hydrogens is 442 g/mol. The van der Waals surface area contributed by atoms with Gasteiger partial charge in [-0.1, -0.05) is 32.6 Å². The molecule has 1 heterocycles. The molecule has 0 aliphatic carbocycles. The molecule has 2 amide bonds. The number of benzene rings is 1. The standard InChI is InChI=1S/C24H37N3O5S/c1-16(2)8-9-20-10-11-23-21(12-20)32-22(14-26(7)24(29)25-17(3)4)18(5)13-27(19(6)15-28)33(23,30)31/h10-12,16-19,22,28H,13-15H2,1-7H3,(H,25,29)/t18-,19-,22-/m0/s1. The van der Waals surface area contributed by atoms with Gasteiger partial charge in [-0.25, -0.2) is 13.2 Å². The van der Waals surface area contributed by atoms with Crippen molar-refractivity contribution in [2.75, 3.05) is 26.7 Å². The zero-order chi connectivity index (χ0) is 24.9. The molecule has 2 rings (SSSR count). The zero-order valence-electron chi connectivity index (χ0n) is 20.6. The molecule has 0 saturated carbocycles. The molecule has 0 aromatic heterocycles. The number of nitrogens with zero attached hydrogens (tertiary/aromatic N) is 2. The Kier molecular flexibility index (Phi) is 9.18. The highest BCUT2D eigenvalue weighted by Crippen LogP contribution is 2.34. The van der Waals surface area contributed by atoms with Crippen LogP contribution in [0.15, 0.2) is 23.1 Å². The van der Waals surface area contributed by atoms with Crippen molar-refractivity contribution in [2.45, 2.75) is 64.6 Å². The molecule has 8 nitrogen and oxygen atoms in total. The molecule has 33 heavy (non-hydrogen) atoms. The van der Waals surface area contributed by atoms with E-state index in [1.807, 2.05) is 34.6 Å². The number of aliphatic hydroxyl groups is 1. The number of amides is 2. The highest BCUT2D eigenvalue weighted by molar-refractivity contribution is 7.89. The van der Waals surface area contributed by atoms with Crippen LogP contribution in [0.1, 0.15) is 47.1 Å². The fraction of sp³-hybridized carbons (Fsp3) is 0.625. The van der Waals surface area contributed by atoms with E-state index in [-0.39, 0.29) is 54.3 Å². The Balaban J connectivity index is 2.53. The van der Waals surface area contributed by atoms with Gasteiger partial charge in [0.2, 0.25) is 10.0 Å². The SMILES string of the molecule is CC(C)C#Cc1ccc2c(c1)O[C@@H](CN(C)C(=O)NC(C)C)[C@@H](C)CN([C@@H](C)CO)S2(=O)=O. The van der Waals surface area contributed by atoms with Crippen LogP contribution in [0.25, 0.3) is 0 Å². The number of aliphatic hydroxyl groups excluding tert-OH is 1. The van der Waals surface area contributed by atoms with E-state index in [1.54, 1.807) is 31.0 Å². The summed E-state index contributed by atoms with van der Waals surface area (Å²) in [5.41, 5.74) is 0.650. The Labute approximate surface area is 198 Å². The van der Waals surface area contributed by atoms with E-state index in [0.29, 0.717) is 5.56 Å². The Bertz CT molecular complexity index is 997. The summed E-state index contributed by atoms with van der Waals surface area (Å²) in [4.78, 5) is 14.0. The van der Waals surface area contributed by atoms with Gasteiger partial charge in [0.15, 0.2) is 0 Å². The number of fused-ring (bicyclic) bond motifs is 1. The molecule has 0 unspecified atom stereocenters. The lowest BCUT2D eigenvalue weighted by molar-refractivity contribution is 0.0809. The molecule has 0 radical (unpaired) electrons. The molecule has 1 aromatic rings. The zero-order valence-corrected chi connectivity index (χ0v) is 21.4. The van der Waals surface area contributed by atoms with Crippen molar-refractivity contribution in [3.05, 3.63) is 23.8 Å². The van der Waals surface area contributed by atoms with Crippen molar-refractivity contribution in [1.29, 1.82) is 0 Å². The highest BCUT2D eigenvalue weighted by Gasteiger charge is 2.38. The Morgan fingerprint density at radius 3 is 2.55 bits per heavy atom. The Morgan fingerprint density at radius 2 is 1.97 bits per heavy atom. The second-order valence-electron chi connectivity index (χ2n) is 9.31. The maximum atomic E-state index is 13.5. The van der Waals surface area contributed by atoms with Gasteiger partial charge in [0.25, 0.3) is 0 Å². The van der Waals surface area contributed by atoms with E-state index in [9.17, 15) is 18.3 Å². The first-order chi connectivity index (χ1) is 15.4. The van der Waals surface area contributed by atoms with Crippen molar-refractivity contribution >= 4 is 16.1 Å². The lowest BCUT2D eigenvalue weighted by atomic mass is 10.0. The van der Waals surface area contributed by atoms with Gasteiger partial charge in [-0.3, -0.25) is 0 Å². The summed E-state index contributed by atoms with van der Waals surface area (Å²) in [5.74, 6) is 6.26. The van der Waals surface area contributed by atoms with Crippen molar-refractivity contribution in [1.82, 2.24) is 14.5 Å². The van der Waals surface area contributed by atoms with Gasteiger partial charge >= 0.3 is 6.03 Å². The quantitative estimate of drug-likeness (QED) is 0.633. The molecule has 184 valence electrons. The predicted molar refractivity (Wildman–Crippen MR) is 128 cm³/mol. The van der Waals surface area contributed by atoms with Crippen LogP contribution in [0.2, 0.25) is 0 Å². The molecule has 3 atom stereocenters. The van der Waals surface area contributed by atoms with E-state index >= 15 is 0 Å². The van der Waals surface area contributed by atoms with Crippen LogP contribution in [-0.2, 0) is 10.0 Å². The number of ether oxygens (including phenoxy) is 1. The fourth-order valence-corrected chi connectivity index (χ4v) is 5.28. The minimum Gasteiger partial charge on any atom is -0.487 e. The normalized spacial score (nSPS) is 21.2. The van der Waals surface area contributed by atoms with Crippen molar-refractivity contribution in [3.63, 3.8) is 0 Å². The van der Waals surface area contributed by atoms with E-state index in [1.165, 1.54) is 10.4 Å². The predicted octanol–water partition coefficient (Wildman–Crippen LogP) is 2.51. The van der Waals surface area contributed by atoms with Crippen LogP contribution >= 0.6 is 0 Å². The number of carbonyl (C=O) groups excluding carboxylic acids is 1. The number of nitrogens with one attached hydrogen (secondary N) is 1. The number of hydrogen-bond donors (Lipinski definition) is 2. The van der Waals surface area contributed by atoms with Gasteiger partial charge in [-0.15, -0.1) is 0 Å². The van der Waals surface area contributed by atoms with Crippen LogP contribution < -0.4 is 10.1 Å². The van der Waals surface area contributed by atoms with Gasteiger partial charge in [-0.2, -0.15) is 4.31 Å². The largest absolute Gasteiger partial charge is 0.487 e. The Hall–Kier alpha value is -2.28. The third-order valence-corrected chi connectivity index (χ3v) is 7.40. The number of hydrogen-bond acceptors (Lipinski definition) is 5. The first kappa shape index (κ1) is 27.0. The summed E-state index contributed by atoms with van der Waals surface area (Å²) >= 11 is 0. The summed E-state index contributed by atoms with van der Waals surface area (Å²) in [6.45, 7) is 11.4. The molecule has 1 aliphatic rings. The van der Waals surface area contributed by atoms with Gasteiger partial charge in [0, 0.05) is 43.1 Å². The first-order valence-corrected chi connectivity index (χ1v) is 12.8. The summed E-state index contributed by atoms with van der Waals surface area (Å²) in [6, 6.07) is 3.97. The Morgan fingerprint density at radius 1 is 1.30 bits per heavy atom. The first-order valence-electron chi connectivity index (χ1n) is 11.3. The van der Waals surface area contributed by atoms with Crippen molar-refractivity contribution in [3.8, 4) is 17.6 Å². The lowest BCUT2D eigenvalue weighted by Crippen LogP contribution is -2.51. The molecule has 0 spiro atoms. The maximum absolute atomic E-state index is 13.5. The van der Waals surface area contributed by atoms with Crippen LogP contribution in [0.5, 0.6) is 5.75 Å². The highest BCUT2D eigenvalue weighted by atomic mass is 32.2. The smallest absolute Gasteiger partial charge is 0.317 e. The molecule has 9 heteroatoms. The number of urea groups is 1. The molecule has 0 fully saturated rings. The monoisotopic (exact) mass is 479 g/mol. The summed E-state index contributed by atoms with van der Waals surface area (Å²) in [7, 11) is -2.23. The van der Waals surface area contributed by atoms with E-state index in [0.717, 1.165) is 0 Å². The van der Waals surface area contributed by atoms with Crippen LogP contribution in [-0.4, -0.2) is 73.7 Å². The minimum atomic E-state index is -3.91. The number of sulfonamides is 1. The van der Waals surface area contributed by atoms with Gasteiger partial charge in [-0.05, 0) is 39.0 Å². The second kappa shape index (κ2) is 11.2. The van der Waals surface area contributed by atoms with Crippen LogP contribution in [0.3, 0.4) is 0 Å². The summed E-state index contributed by atoms with van der Waals surface area (Å²) in [5, 5.41) is 12.6.